The molecule has 2 N–H and O–H groups in total. The summed E-state index contributed by atoms with van der Waals surface area (Å²) in [6, 6.07) is -0.818. The highest BCUT2D eigenvalue weighted by Gasteiger charge is 2.29. The van der Waals surface area contributed by atoms with Crippen molar-refractivity contribution < 1.29 is 23.1 Å². The molecule has 6 nitrogen and oxygen atoms in total. The molecule has 1 heterocycles. The summed E-state index contributed by atoms with van der Waals surface area (Å²) in [6.45, 7) is 5.06. The minimum Gasteiger partial charge on any atom is -0.481 e. The van der Waals surface area contributed by atoms with Crippen molar-refractivity contribution in [3.8, 4) is 0 Å². The van der Waals surface area contributed by atoms with E-state index in [0.717, 1.165) is 0 Å². The second kappa shape index (κ2) is 6.66. The molecule has 8 heteroatoms. The monoisotopic (exact) mass is 321 g/mol. The molecule has 114 valence electrons. The number of rotatable bonds is 7. The fourth-order valence-electron chi connectivity index (χ4n) is 1.88. The van der Waals surface area contributed by atoms with Gasteiger partial charge in [0.05, 0.1) is 23.5 Å². The number of methoxy groups -OCH3 is 1. The van der Waals surface area contributed by atoms with Crippen LogP contribution in [-0.2, 0) is 19.6 Å². The van der Waals surface area contributed by atoms with Crippen molar-refractivity contribution in [1.29, 1.82) is 0 Å². The van der Waals surface area contributed by atoms with Gasteiger partial charge in [-0.3, -0.25) is 4.79 Å². The van der Waals surface area contributed by atoms with Crippen LogP contribution in [0.4, 0.5) is 0 Å². The number of thiophene rings is 1. The van der Waals surface area contributed by atoms with Gasteiger partial charge in [-0.1, -0.05) is 0 Å². The summed E-state index contributed by atoms with van der Waals surface area (Å²) in [7, 11) is -2.35. The van der Waals surface area contributed by atoms with Gasteiger partial charge in [-0.25, -0.2) is 13.1 Å². The van der Waals surface area contributed by atoms with Gasteiger partial charge in [-0.15, -0.1) is 11.3 Å². The second-order valence-electron chi connectivity index (χ2n) is 4.57. The van der Waals surface area contributed by atoms with Crippen LogP contribution >= 0.6 is 11.3 Å². The Labute approximate surface area is 122 Å². The molecule has 0 radical (unpaired) electrons. The average molecular weight is 321 g/mol. The largest absolute Gasteiger partial charge is 0.481 e. The Kier molecular flexibility index (Phi) is 5.69. The van der Waals surface area contributed by atoms with Gasteiger partial charge >= 0.3 is 5.97 Å². The quantitative estimate of drug-likeness (QED) is 0.794. The van der Waals surface area contributed by atoms with E-state index in [-0.39, 0.29) is 11.3 Å². The lowest BCUT2D eigenvalue weighted by Gasteiger charge is -2.22. The molecule has 1 aromatic rings. The Morgan fingerprint density at radius 2 is 2.10 bits per heavy atom. The molecule has 0 fully saturated rings. The van der Waals surface area contributed by atoms with Gasteiger partial charge in [0.1, 0.15) is 0 Å². The second-order valence-corrected chi connectivity index (χ2v) is 7.31. The first-order valence-corrected chi connectivity index (χ1v) is 8.37. The van der Waals surface area contributed by atoms with Crippen molar-refractivity contribution >= 4 is 27.3 Å². The van der Waals surface area contributed by atoms with E-state index < -0.39 is 28.1 Å². The lowest BCUT2D eigenvalue weighted by Crippen LogP contribution is -2.44. The van der Waals surface area contributed by atoms with Crippen molar-refractivity contribution in [3.05, 3.63) is 15.8 Å². The Morgan fingerprint density at radius 1 is 1.50 bits per heavy atom. The highest BCUT2D eigenvalue weighted by molar-refractivity contribution is 7.89. The van der Waals surface area contributed by atoms with Crippen LogP contribution in [0.15, 0.2) is 10.3 Å². The number of carboxylic acids is 1. The molecule has 0 aliphatic rings. The van der Waals surface area contributed by atoms with E-state index in [9.17, 15) is 13.2 Å². The standard InChI is InChI=1S/C12H19NO5S2/c1-7-6-19-9(3)12(7)20(16,17)13-10(5-11(14)15)8(2)18-4/h6,8,10,13H,5H2,1-4H3,(H,14,15)/t8-,10-/m1/s1. The molecule has 2 atom stereocenters. The summed E-state index contributed by atoms with van der Waals surface area (Å²) in [6.07, 6.45) is -0.878. The van der Waals surface area contributed by atoms with Crippen molar-refractivity contribution in [2.45, 2.75) is 44.2 Å². The van der Waals surface area contributed by atoms with Crippen molar-refractivity contribution in [2.75, 3.05) is 7.11 Å². The molecule has 1 aromatic heterocycles. The van der Waals surface area contributed by atoms with Crippen LogP contribution in [0.2, 0.25) is 0 Å². The van der Waals surface area contributed by atoms with Gasteiger partial charge in [0.2, 0.25) is 10.0 Å². The highest BCUT2D eigenvalue weighted by atomic mass is 32.2. The van der Waals surface area contributed by atoms with Gasteiger partial charge in [-0.2, -0.15) is 0 Å². The fourth-order valence-corrected chi connectivity index (χ4v) is 4.82. The number of aliphatic carboxylic acids is 1. The van der Waals surface area contributed by atoms with Crippen LogP contribution in [0.3, 0.4) is 0 Å². The summed E-state index contributed by atoms with van der Waals surface area (Å²) in [5, 5.41) is 10.6. The van der Waals surface area contributed by atoms with E-state index in [0.29, 0.717) is 10.4 Å². The number of aryl methyl sites for hydroxylation is 2. The molecule has 0 bridgehead atoms. The van der Waals surface area contributed by atoms with Gasteiger partial charge in [0.25, 0.3) is 0 Å². The third kappa shape index (κ3) is 4.02. The van der Waals surface area contributed by atoms with Gasteiger partial charge in [-0.05, 0) is 31.7 Å². The number of nitrogens with one attached hydrogen (secondary N) is 1. The number of carboxylic acid groups (broad SMARTS) is 1. The van der Waals surface area contributed by atoms with E-state index >= 15 is 0 Å². The summed E-state index contributed by atoms with van der Waals surface area (Å²) >= 11 is 1.35. The SMILES string of the molecule is CO[C@H](C)[C@@H](CC(=O)O)NS(=O)(=O)c1c(C)csc1C. The topological polar surface area (TPSA) is 92.7 Å². The zero-order valence-electron chi connectivity index (χ0n) is 11.8. The average Bonchev–Trinajstić information content (AvgIpc) is 2.66. The zero-order chi connectivity index (χ0) is 15.5. The molecule has 0 saturated carbocycles. The maximum absolute atomic E-state index is 12.4. The maximum atomic E-state index is 12.4. The molecule has 1 rings (SSSR count). The van der Waals surface area contributed by atoms with Crippen LogP contribution in [0.5, 0.6) is 0 Å². The number of sulfonamides is 1. The van der Waals surface area contributed by atoms with Crippen molar-refractivity contribution in [1.82, 2.24) is 4.72 Å². The normalized spacial score (nSPS) is 15.0. The molecule has 0 spiro atoms. The molecule has 0 unspecified atom stereocenters. The van der Waals surface area contributed by atoms with Crippen LogP contribution in [0.25, 0.3) is 0 Å². The first-order chi connectivity index (χ1) is 9.19. The lowest BCUT2D eigenvalue weighted by molar-refractivity contribution is -0.138. The van der Waals surface area contributed by atoms with Crippen LogP contribution in [0.1, 0.15) is 23.8 Å². The first kappa shape index (κ1) is 17.1. The van der Waals surface area contributed by atoms with E-state index in [1.54, 1.807) is 26.2 Å². The Bertz CT molecular complexity index is 559. The summed E-state index contributed by atoms with van der Waals surface area (Å²) in [5.41, 5.74) is 0.652. The molecular weight excluding hydrogens is 302 g/mol. The predicted octanol–water partition coefficient (Wildman–Crippen LogP) is 1.52. The number of ether oxygens (including phenoxy) is 1. The molecular formula is C12H19NO5S2. The molecule has 20 heavy (non-hydrogen) atoms. The smallest absolute Gasteiger partial charge is 0.305 e. The van der Waals surface area contributed by atoms with Gasteiger partial charge in [0, 0.05) is 12.0 Å². The third-order valence-electron chi connectivity index (χ3n) is 3.00. The zero-order valence-corrected chi connectivity index (χ0v) is 13.5. The third-order valence-corrected chi connectivity index (χ3v) is 5.94. The lowest BCUT2D eigenvalue weighted by atomic mass is 10.1. The van der Waals surface area contributed by atoms with Crippen LogP contribution in [0, 0.1) is 13.8 Å². The van der Waals surface area contributed by atoms with E-state index in [4.69, 9.17) is 9.84 Å². The number of hydrogen-bond acceptors (Lipinski definition) is 5. The van der Waals surface area contributed by atoms with Crippen LogP contribution in [-0.4, -0.2) is 38.7 Å². The molecule has 0 aromatic carbocycles. The van der Waals surface area contributed by atoms with Crippen molar-refractivity contribution in [2.24, 2.45) is 0 Å². The fraction of sp³-hybridized carbons (Fsp3) is 0.583. The van der Waals surface area contributed by atoms with E-state index in [1.807, 2.05) is 0 Å². The molecule has 0 saturated heterocycles. The summed E-state index contributed by atoms with van der Waals surface area (Å²) < 4.78 is 32.3. The molecule has 0 aliphatic heterocycles. The van der Waals surface area contributed by atoms with Gasteiger partial charge < -0.3 is 9.84 Å². The molecule has 0 amide bonds. The maximum Gasteiger partial charge on any atom is 0.305 e. The van der Waals surface area contributed by atoms with Crippen LogP contribution < -0.4 is 4.72 Å². The highest BCUT2D eigenvalue weighted by Crippen LogP contribution is 2.26. The van der Waals surface area contributed by atoms with E-state index in [2.05, 4.69) is 4.72 Å². The predicted molar refractivity (Wildman–Crippen MR) is 76.6 cm³/mol. The first-order valence-electron chi connectivity index (χ1n) is 6.00. The minimum absolute atomic E-state index is 0.223. The summed E-state index contributed by atoms with van der Waals surface area (Å²) in [4.78, 5) is 11.7. The van der Waals surface area contributed by atoms with Crippen molar-refractivity contribution in [3.63, 3.8) is 0 Å². The van der Waals surface area contributed by atoms with Gasteiger partial charge in [0.15, 0.2) is 0 Å². The summed E-state index contributed by atoms with van der Waals surface area (Å²) in [5.74, 6) is -1.08. The van der Waals surface area contributed by atoms with E-state index in [1.165, 1.54) is 18.4 Å². The molecule has 0 aliphatic carbocycles. The Hall–Kier alpha value is -0.960. The Morgan fingerprint density at radius 3 is 2.50 bits per heavy atom. The number of carbonyl (C=O) groups is 1. The minimum atomic E-state index is -3.76. The Balaban J connectivity index is 3.06. The number of hydrogen-bond donors (Lipinski definition) is 2.